The molecule has 0 unspecified atom stereocenters. The minimum atomic E-state index is -1.42. The Morgan fingerprint density at radius 3 is 2.05 bits per heavy atom. The van der Waals surface area contributed by atoms with Crippen LogP contribution < -0.4 is 0 Å². The summed E-state index contributed by atoms with van der Waals surface area (Å²) < 4.78 is 0. The zero-order chi connectivity index (χ0) is 15.6. The second-order valence-electron chi connectivity index (χ2n) is 3.99. The number of aromatic carboxylic acids is 2. The molecular formula is C13H8N2O6. The lowest BCUT2D eigenvalue weighted by molar-refractivity contribution is -0.384. The zero-order valence-electron chi connectivity index (χ0n) is 10.4. The van der Waals surface area contributed by atoms with E-state index in [9.17, 15) is 19.7 Å². The SMILES string of the molecule is O=C(O)c1cncc(C(=O)O)c1-c1ccccc1[N+](=O)[O-]. The van der Waals surface area contributed by atoms with Crippen molar-refractivity contribution in [3.63, 3.8) is 0 Å². The fourth-order valence-electron chi connectivity index (χ4n) is 1.92. The molecule has 0 bridgehead atoms. The lowest BCUT2D eigenvalue weighted by Crippen LogP contribution is -2.09. The third kappa shape index (κ3) is 2.54. The number of nitrogens with zero attached hydrogens (tertiary/aromatic N) is 2. The highest BCUT2D eigenvalue weighted by Crippen LogP contribution is 2.34. The average Bonchev–Trinajstić information content (AvgIpc) is 2.46. The van der Waals surface area contributed by atoms with Crippen molar-refractivity contribution in [3.05, 3.63) is 57.9 Å². The van der Waals surface area contributed by atoms with Gasteiger partial charge in [0.25, 0.3) is 5.69 Å². The van der Waals surface area contributed by atoms with Gasteiger partial charge in [-0.1, -0.05) is 12.1 Å². The predicted octanol–water partition coefficient (Wildman–Crippen LogP) is 2.05. The summed E-state index contributed by atoms with van der Waals surface area (Å²) in [5, 5.41) is 29.4. The van der Waals surface area contributed by atoms with Crippen LogP contribution in [0.4, 0.5) is 5.69 Å². The topological polar surface area (TPSA) is 131 Å². The molecule has 8 heteroatoms. The number of para-hydroxylation sites is 1. The Kier molecular flexibility index (Phi) is 3.61. The Hall–Kier alpha value is -3.29. The summed E-state index contributed by atoms with van der Waals surface area (Å²) in [5.74, 6) is -2.84. The summed E-state index contributed by atoms with van der Waals surface area (Å²) in [5.41, 5.74) is -1.53. The lowest BCUT2D eigenvalue weighted by Gasteiger charge is -2.09. The number of rotatable bonds is 4. The van der Waals surface area contributed by atoms with Gasteiger partial charge in [-0.2, -0.15) is 0 Å². The number of carbonyl (C=O) groups is 2. The maximum Gasteiger partial charge on any atom is 0.337 e. The highest BCUT2D eigenvalue weighted by atomic mass is 16.6. The van der Waals surface area contributed by atoms with Gasteiger partial charge in [0.05, 0.1) is 21.6 Å². The van der Waals surface area contributed by atoms with E-state index in [0.29, 0.717) is 0 Å². The summed E-state index contributed by atoms with van der Waals surface area (Å²) in [4.78, 5) is 36.4. The molecule has 1 aromatic heterocycles. The third-order valence-corrected chi connectivity index (χ3v) is 2.78. The van der Waals surface area contributed by atoms with Gasteiger partial charge in [0, 0.05) is 24.0 Å². The van der Waals surface area contributed by atoms with Gasteiger partial charge in [-0.05, 0) is 6.07 Å². The van der Waals surface area contributed by atoms with Gasteiger partial charge in [0.2, 0.25) is 0 Å². The van der Waals surface area contributed by atoms with Gasteiger partial charge in [-0.25, -0.2) is 9.59 Å². The van der Waals surface area contributed by atoms with Crippen molar-refractivity contribution in [3.8, 4) is 11.1 Å². The molecule has 2 aromatic rings. The van der Waals surface area contributed by atoms with E-state index in [1.807, 2.05) is 0 Å². The van der Waals surface area contributed by atoms with E-state index < -0.39 is 28.0 Å². The first-order valence-corrected chi connectivity index (χ1v) is 5.62. The summed E-state index contributed by atoms with van der Waals surface area (Å²) in [6, 6.07) is 5.34. The molecule has 0 amide bonds. The van der Waals surface area contributed by atoms with E-state index >= 15 is 0 Å². The molecular weight excluding hydrogens is 280 g/mol. The summed E-state index contributed by atoms with van der Waals surface area (Å²) in [7, 11) is 0. The van der Waals surface area contributed by atoms with Crippen LogP contribution in [0, 0.1) is 10.1 Å². The molecule has 1 aromatic carbocycles. The first-order valence-electron chi connectivity index (χ1n) is 5.62. The molecule has 0 radical (unpaired) electrons. The third-order valence-electron chi connectivity index (χ3n) is 2.78. The van der Waals surface area contributed by atoms with E-state index in [2.05, 4.69) is 4.98 Å². The fraction of sp³-hybridized carbons (Fsp3) is 0. The van der Waals surface area contributed by atoms with E-state index in [1.165, 1.54) is 24.3 Å². The number of hydrogen-bond donors (Lipinski definition) is 2. The maximum absolute atomic E-state index is 11.2. The Morgan fingerprint density at radius 1 is 1.05 bits per heavy atom. The second kappa shape index (κ2) is 5.37. The van der Waals surface area contributed by atoms with Crippen LogP contribution in [0.5, 0.6) is 0 Å². The fourth-order valence-corrected chi connectivity index (χ4v) is 1.92. The molecule has 1 heterocycles. The molecule has 0 aliphatic carbocycles. The predicted molar refractivity (Wildman–Crippen MR) is 70.2 cm³/mol. The molecule has 2 N–H and O–H groups in total. The Bertz CT molecular complexity index is 724. The zero-order valence-corrected chi connectivity index (χ0v) is 10.4. The molecule has 0 atom stereocenters. The number of pyridine rings is 1. The first kappa shape index (κ1) is 14.1. The number of nitro benzene ring substituents is 1. The van der Waals surface area contributed by atoms with Crippen molar-refractivity contribution in [2.24, 2.45) is 0 Å². The summed E-state index contributed by atoms with van der Waals surface area (Å²) in [6.45, 7) is 0. The van der Waals surface area contributed by atoms with Crippen LogP contribution in [0.2, 0.25) is 0 Å². The maximum atomic E-state index is 11.2. The second-order valence-corrected chi connectivity index (χ2v) is 3.99. The molecule has 8 nitrogen and oxygen atoms in total. The van der Waals surface area contributed by atoms with Crippen molar-refractivity contribution < 1.29 is 24.7 Å². The standard InChI is InChI=1S/C13H8N2O6/c16-12(17)8-5-14-6-9(13(18)19)11(8)7-3-1-2-4-10(7)15(20)21/h1-6H,(H,16,17)(H,18,19). The number of carboxylic acids is 2. The van der Waals surface area contributed by atoms with E-state index in [0.717, 1.165) is 12.4 Å². The molecule has 106 valence electrons. The van der Waals surface area contributed by atoms with Crippen LogP contribution in [-0.2, 0) is 0 Å². The molecule has 21 heavy (non-hydrogen) atoms. The highest BCUT2D eigenvalue weighted by Gasteiger charge is 2.25. The van der Waals surface area contributed by atoms with Crippen molar-refractivity contribution in [2.75, 3.05) is 0 Å². The number of benzene rings is 1. The van der Waals surface area contributed by atoms with Crippen LogP contribution in [0.25, 0.3) is 11.1 Å². The lowest BCUT2D eigenvalue weighted by atomic mass is 9.95. The minimum Gasteiger partial charge on any atom is -0.478 e. The van der Waals surface area contributed by atoms with Crippen LogP contribution in [0.3, 0.4) is 0 Å². The van der Waals surface area contributed by atoms with Crippen LogP contribution >= 0.6 is 0 Å². The first-order chi connectivity index (χ1) is 9.93. The van der Waals surface area contributed by atoms with E-state index in [1.54, 1.807) is 0 Å². The quantitative estimate of drug-likeness (QED) is 0.650. The number of aromatic nitrogens is 1. The summed E-state index contributed by atoms with van der Waals surface area (Å²) >= 11 is 0. The van der Waals surface area contributed by atoms with E-state index in [-0.39, 0.29) is 16.8 Å². The molecule has 0 saturated heterocycles. The average molecular weight is 288 g/mol. The van der Waals surface area contributed by atoms with Crippen molar-refractivity contribution in [2.45, 2.75) is 0 Å². The number of carboxylic acid groups (broad SMARTS) is 2. The smallest absolute Gasteiger partial charge is 0.337 e. The van der Waals surface area contributed by atoms with Gasteiger partial charge >= 0.3 is 11.9 Å². The van der Waals surface area contributed by atoms with Gasteiger partial charge in [0.15, 0.2) is 0 Å². The van der Waals surface area contributed by atoms with Gasteiger partial charge in [0.1, 0.15) is 0 Å². The van der Waals surface area contributed by atoms with Gasteiger partial charge in [-0.3, -0.25) is 15.1 Å². The molecule has 0 aliphatic rings. The largest absolute Gasteiger partial charge is 0.478 e. The molecule has 0 aliphatic heterocycles. The van der Waals surface area contributed by atoms with Gasteiger partial charge < -0.3 is 10.2 Å². The monoisotopic (exact) mass is 288 g/mol. The van der Waals surface area contributed by atoms with Crippen LogP contribution in [0.15, 0.2) is 36.7 Å². The minimum absolute atomic E-state index is 0.0836. The number of nitro groups is 1. The molecule has 2 rings (SSSR count). The highest BCUT2D eigenvalue weighted by molar-refractivity contribution is 6.05. The van der Waals surface area contributed by atoms with Crippen LogP contribution in [-0.4, -0.2) is 32.1 Å². The Morgan fingerprint density at radius 2 is 1.57 bits per heavy atom. The van der Waals surface area contributed by atoms with Crippen molar-refractivity contribution in [1.29, 1.82) is 0 Å². The molecule has 0 spiro atoms. The van der Waals surface area contributed by atoms with Crippen molar-refractivity contribution >= 4 is 17.6 Å². The van der Waals surface area contributed by atoms with Gasteiger partial charge in [-0.15, -0.1) is 0 Å². The van der Waals surface area contributed by atoms with Crippen molar-refractivity contribution in [1.82, 2.24) is 4.98 Å². The summed E-state index contributed by atoms with van der Waals surface area (Å²) in [6.07, 6.45) is 1.92. The molecule has 0 fully saturated rings. The Balaban J connectivity index is 2.88. The van der Waals surface area contributed by atoms with E-state index in [4.69, 9.17) is 10.2 Å². The van der Waals surface area contributed by atoms with Crippen LogP contribution in [0.1, 0.15) is 20.7 Å². The number of hydrogen-bond acceptors (Lipinski definition) is 5. The molecule has 0 saturated carbocycles. The Labute approximate surface area is 117 Å². The normalized spacial score (nSPS) is 10.1.